The van der Waals surface area contributed by atoms with Crippen molar-refractivity contribution < 1.29 is 118 Å². The summed E-state index contributed by atoms with van der Waals surface area (Å²) in [7, 11) is 0. The van der Waals surface area contributed by atoms with Gasteiger partial charge in [0.05, 0.1) is 68.9 Å². The van der Waals surface area contributed by atoms with Gasteiger partial charge in [-0.1, -0.05) is 194 Å². The molecule has 4 aromatic heterocycles. The molecule has 0 fully saturated rings. The molecule has 4 heterocycles. The molecule has 476 valence electrons. The topological polar surface area (TPSA) is 361 Å². The Bertz CT molecular complexity index is 3890. The number of carbonyl (C=O) groups excluding carboxylic acids is 4. The average molecular weight is 1410 g/mol. The molecule has 20 nitrogen and oxygen atoms in total. The van der Waals surface area contributed by atoms with Gasteiger partial charge in [0.15, 0.2) is 0 Å². The Morgan fingerprint density at radius 2 is 0.337 bits per heavy atom. The number of nitrogens with zero attached hydrogens (tertiary/aromatic N) is 4. The van der Waals surface area contributed by atoms with Crippen LogP contribution in [-0.2, 0) is 39.0 Å². The molecule has 0 aliphatic carbocycles. The number of hydrogen-bond acceptors (Lipinski definition) is 16. The van der Waals surface area contributed by atoms with Crippen LogP contribution in [0.3, 0.4) is 0 Å². The number of aromatic carboxylic acids is 8. The first kappa shape index (κ1) is 76.1. The fraction of sp³-hybridized carbons (Fsp3) is 0. The molecule has 0 aliphatic heterocycles. The van der Waals surface area contributed by atoms with Crippen LogP contribution >= 0.6 is 0 Å². The van der Waals surface area contributed by atoms with Gasteiger partial charge in [-0.25, -0.2) is 19.2 Å². The van der Waals surface area contributed by atoms with Crippen molar-refractivity contribution in [1.29, 1.82) is 0 Å². The second kappa shape index (κ2) is 38.5. The van der Waals surface area contributed by atoms with Crippen molar-refractivity contribution >= 4 is 47.8 Å². The number of benzene rings is 8. The molecular formula is C76H52N4O16Zn2. The van der Waals surface area contributed by atoms with Crippen LogP contribution in [-0.4, -0.2) is 88.1 Å². The summed E-state index contributed by atoms with van der Waals surface area (Å²) in [6.07, 6.45) is 7.07. The van der Waals surface area contributed by atoms with Crippen molar-refractivity contribution in [1.82, 2.24) is 19.9 Å². The SMILES string of the molecule is O=C([O-])c1ccccc1-c1ccccc1C(=O)O.O=C([O-])c1ccccc1-c1ccccc1C(=O)O.O=C([O-])c1ccccc1-c1ccccc1C(=O)O.O=C([O-])c1ccccc1-c1ccccc1C(=O)O.[Zn+2].[Zn+2].c1ccc(-c2ccccn2)nc1.c1ccc(-c2ccccn2)nc1. The summed E-state index contributed by atoms with van der Waals surface area (Å²) < 4.78 is 0. The smallest absolute Gasteiger partial charge is 0.545 e. The third-order valence-corrected chi connectivity index (χ3v) is 13.6. The number of carbonyl (C=O) groups is 8. The van der Waals surface area contributed by atoms with Gasteiger partial charge in [0.25, 0.3) is 0 Å². The first-order valence-electron chi connectivity index (χ1n) is 28.5. The Labute approximate surface area is 585 Å². The van der Waals surface area contributed by atoms with E-state index in [2.05, 4.69) is 19.9 Å². The van der Waals surface area contributed by atoms with Crippen LogP contribution in [0.4, 0.5) is 0 Å². The van der Waals surface area contributed by atoms with Crippen LogP contribution < -0.4 is 20.4 Å². The standard InChI is InChI=1S/4C14H10O4.2C10H8N2.2Zn/c4*15-13(16)11-7-3-1-5-9(11)10-6-2-4-8-12(10)14(17)18;2*1-3-7-11-9(5-1)10-6-2-4-8-12-10;;/h4*1-8H,(H,15,16)(H,17,18);2*1-8H;;/q;;;;;;2*+2/p-4. The number of carboxylic acids is 8. The largest absolute Gasteiger partial charge is 2.00 e. The van der Waals surface area contributed by atoms with E-state index in [0.29, 0.717) is 44.5 Å². The number of rotatable bonds is 14. The van der Waals surface area contributed by atoms with Gasteiger partial charge in [-0.15, -0.1) is 0 Å². The quantitative estimate of drug-likeness (QED) is 0.0735. The van der Waals surface area contributed by atoms with Gasteiger partial charge in [-0.2, -0.15) is 0 Å². The summed E-state index contributed by atoms with van der Waals surface area (Å²) >= 11 is 0. The number of carboxylic acid groups (broad SMARTS) is 8. The summed E-state index contributed by atoms with van der Waals surface area (Å²) in [4.78, 5) is 105. The molecule has 0 radical (unpaired) electrons. The van der Waals surface area contributed by atoms with Gasteiger partial charge >= 0.3 is 62.8 Å². The Morgan fingerprint density at radius 1 is 0.204 bits per heavy atom. The first-order chi connectivity index (χ1) is 46.4. The second-order valence-corrected chi connectivity index (χ2v) is 19.6. The number of hydrogen-bond donors (Lipinski definition) is 4. The zero-order valence-electron chi connectivity index (χ0n) is 51.6. The molecule has 0 amide bonds. The molecule has 0 bridgehead atoms. The first-order valence-corrected chi connectivity index (χ1v) is 28.5. The van der Waals surface area contributed by atoms with Gasteiger partial charge in [0.2, 0.25) is 0 Å². The molecule has 22 heteroatoms. The summed E-state index contributed by atoms with van der Waals surface area (Å²) in [5.41, 5.74) is 6.65. The van der Waals surface area contributed by atoms with E-state index in [1.807, 2.05) is 72.8 Å². The number of aromatic nitrogens is 4. The molecular weight excluding hydrogens is 1360 g/mol. The molecule has 0 saturated heterocycles. The van der Waals surface area contributed by atoms with E-state index in [9.17, 15) is 58.8 Å². The van der Waals surface area contributed by atoms with Crippen molar-refractivity contribution in [2.45, 2.75) is 0 Å². The monoisotopic (exact) mass is 1400 g/mol. The van der Waals surface area contributed by atoms with E-state index >= 15 is 0 Å². The fourth-order valence-electron chi connectivity index (χ4n) is 9.26. The van der Waals surface area contributed by atoms with E-state index in [-0.39, 0.29) is 83.5 Å². The van der Waals surface area contributed by atoms with Crippen molar-refractivity contribution in [3.05, 3.63) is 336 Å². The zero-order chi connectivity index (χ0) is 68.9. The van der Waals surface area contributed by atoms with Crippen LogP contribution in [0.1, 0.15) is 82.9 Å². The predicted octanol–water partition coefficient (Wildman–Crippen LogP) is 9.94. The second-order valence-electron chi connectivity index (χ2n) is 19.6. The fourth-order valence-corrected chi connectivity index (χ4v) is 9.26. The maximum Gasteiger partial charge on any atom is 2.00 e. The minimum Gasteiger partial charge on any atom is -0.545 e. The summed E-state index contributed by atoms with van der Waals surface area (Å²) in [6.45, 7) is 0. The Balaban J connectivity index is 0.000000213. The molecule has 98 heavy (non-hydrogen) atoms. The van der Waals surface area contributed by atoms with Gasteiger partial charge in [-0.05, 0) is 117 Å². The minimum atomic E-state index is -1.33. The molecule has 0 unspecified atom stereocenters. The number of pyridine rings is 4. The third kappa shape index (κ3) is 21.2. The van der Waals surface area contributed by atoms with Gasteiger partial charge < -0.3 is 60.0 Å². The molecule has 8 aromatic carbocycles. The predicted molar refractivity (Wildman–Crippen MR) is 348 cm³/mol. The minimum absolute atomic E-state index is 0. The van der Waals surface area contributed by atoms with E-state index < -0.39 is 47.8 Å². The maximum atomic E-state index is 11.1. The van der Waals surface area contributed by atoms with Crippen molar-refractivity contribution in [3.63, 3.8) is 0 Å². The Hall–Kier alpha value is -12.6. The molecule has 12 aromatic rings. The summed E-state index contributed by atoms with van der Waals surface area (Å²) in [5, 5.41) is 80.4. The molecule has 12 rings (SSSR count). The molecule has 4 N–H and O–H groups in total. The molecule has 0 spiro atoms. The molecule has 0 aliphatic rings. The third-order valence-electron chi connectivity index (χ3n) is 13.6. The molecule has 0 atom stereocenters. The molecule has 0 saturated carbocycles. The van der Waals surface area contributed by atoms with Crippen molar-refractivity contribution in [2.24, 2.45) is 0 Å². The summed E-state index contributed by atoms with van der Waals surface area (Å²) in [6, 6.07) is 72.9. The summed E-state index contributed by atoms with van der Waals surface area (Å²) in [5.74, 6) is -9.71. The Kier molecular flexibility index (Phi) is 29.9. The van der Waals surface area contributed by atoms with E-state index in [0.717, 1.165) is 22.8 Å². The van der Waals surface area contributed by atoms with Crippen LogP contribution in [0.15, 0.2) is 292 Å². The van der Waals surface area contributed by atoms with Crippen LogP contribution in [0.5, 0.6) is 0 Å². The van der Waals surface area contributed by atoms with Crippen LogP contribution in [0.25, 0.3) is 67.3 Å². The van der Waals surface area contributed by atoms with E-state index in [4.69, 9.17) is 20.4 Å². The van der Waals surface area contributed by atoms with Crippen LogP contribution in [0.2, 0.25) is 0 Å². The maximum absolute atomic E-state index is 11.1. The van der Waals surface area contributed by atoms with Crippen molar-refractivity contribution in [3.8, 4) is 67.3 Å². The Morgan fingerprint density at radius 3 is 0.469 bits per heavy atom. The van der Waals surface area contributed by atoms with E-state index in [1.54, 1.807) is 170 Å². The zero-order valence-corrected chi connectivity index (χ0v) is 57.5. The van der Waals surface area contributed by atoms with Gasteiger partial charge in [0.1, 0.15) is 0 Å². The average Bonchev–Trinajstić information content (AvgIpc) is 0.862. The van der Waals surface area contributed by atoms with Crippen molar-refractivity contribution in [2.75, 3.05) is 0 Å². The van der Waals surface area contributed by atoms with Crippen LogP contribution in [0, 0.1) is 0 Å². The normalized spacial score (nSPS) is 9.71. The van der Waals surface area contributed by atoms with E-state index in [1.165, 1.54) is 48.5 Å². The van der Waals surface area contributed by atoms with Gasteiger partial charge in [0, 0.05) is 47.0 Å². The van der Waals surface area contributed by atoms with Gasteiger partial charge in [-0.3, -0.25) is 19.9 Å².